The van der Waals surface area contributed by atoms with Crippen LogP contribution < -0.4 is 9.64 Å². The van der Waals surface area contributed by atoms with Gasteiger partial charge in [0.2, 0.25) is 26.0 Å². The van der Waals surface area contributed by atoms with Gasteiger partial charge in [-0.1, -0.05) is 24.3 Å². The van der Waals surface area contributed by atoms with Gasteiger partial charge in [0.05, 0.1) is 28.7 Å². The first kappa shape index (κ1) is 36.3. The third-order valence-corrected chi connectivity index (χ3v) is 14.8. The summed E-state index contributed by atoms with van der Waals surface area (Å²) < 4.78 is 61.0. The number of nitrogens with zero attached hydrogens (tertiary/aromatic N) is 5. The van der Waals surface area contributed by atoms with Crippen LogP contribution >= 0.6 is 0 Å². The predicted octanol–water partition coefficient (Wildman–Crippen LogP) is 2.77. The molecule has 1 N–H and O–H groups in total. The zero-order chi connectivity index (χ0) is 36.8. The molecule has 52 heavy (non-hydrogen) atoms. The van der Waals surface area contributed by atoms with Crippen molar-refractivity contribution in [3.63, 3.8) is 0 Å². The molecule has 1 amide bonds. The summed E-state index contributed by atoms with van der Waals surface area (Å²) in [5.41, 5.74) is 3.63. The summed E-state index contributed by atoms with van der Waals surface area (Å²) in [6, 6.07) is 15.7. The van der Waals surface area contributed by atoms with Crippen molar-refractivity contribution in [3.05, 3.63) is 82.9 Å². The van der Waals surface area contributed by atoms with E-state index < -0.39 is 43.8 Å². The van der Waals surface area contributed by atoms with Gasteiger partial charge >= 0.3 is 5.97 Å². The number of carboxylic acids is 1. The number of fused-ring (bicyclic) bond motifs is 1. The van der Waals surface area contributed by atoms with Gasteiger partial charge in [-0.3, -0.25) is 9.59 Å². The minimum Gasteiger partial charge on any atom is -0.496 e. The van der Waals surface area contributed by atoms with Crippen LogP contribution in [0, 0.1) is 0 Å². The van der Waals surface area contributed by atoms with E-state index in [0.717, 1.165) is 61.6 Å². The normalized spacial score (nSPS) is 20.0. The zero-order valence-corrected chi connectivity index (χ0v) is 31.1. The molecule has 2 unspecified atom stereocenters. The Hall–Kier alpha value is -4.02. The highest BCUT2D eigenvalue weighted by atomic mass is 32.2. The lowest BCUT2D eigenvalue weighted by Crippen LogP contribution is -2.46. The van der Waals surface area contributed by atoms with E-state index in [0.29, 0.717) is 44.7 Å². The SMILES string of the molecule is COc1ccc(N2CCN(C)CC2)c2c1CCN(C(=O)C(c1ccc(S(=O)(=O)N3CCC3)cc1)C(C(=O)O)c1ccc(S(=O)(=O)N3CCC3)cc1)C2. The Morgan fingerprint density at radius 3 is 1.65 bits per heavy atom. The number of hydrogen-bond acceptors (Lipinski definition) is 9. The number of ether oxygens (including phenoxy) is 1. The van der Waals surface area contributed by atoms with Crippen molar-refractivity contribution in [2.24, 2.45) is 0 Å². The average Bonchev–Trinajstić information content (AvgIpc) is 3.08. The molecule has 15 heteroatoms. The lowest BCUT2D eigenvalue weighted by atomic mass is 9.80. The van der Waals surface area contributed by atoms with Crippen LogP contribution in [0.3, 0.4) is 0 Å². The predicted molar refractivity (Wildman–Crippen MR) is 195 cm³/mol. The second-order valence-corrected chi connectivity index (χ2v) is 17.9. The second-order valence-electron chi connectivity index (χ2n) is 14.0. The first-order chi connectivity index (χ1) is 24.9. The number of piperazine rings is 1. The van der Waals surface area contributed by atoms with E-state index in [2.05, 4.69) is 16.8 Å². The summed E-state index contributed by atoms with van der Waals surface area (Å²) in [5, 5.41) is 10.8. The van der Waals surface area contributed by atoms with E-state index in [-0.39, 0.29) is 21.9 Å². The molecule has 4 aliphatic rings. The molecule has 0 bridgehead atoms. The molecule has 278 valence electrons. The highest BCUT2D eigenvalue weighted by Crippen LogP contribution is 2.41. The number of carbonyl (C=O) groups is 2. The van der Waals surface area contributed by atoms with Gasteiger partial charge in [-0.05, 0) is 73.8 Å². The first-order valence-corrected chi connectivity index (χ1v) is 20.6. The zero-order valence-electron chi connectivity index (χ0n) is 29.5. The van der Waals surface area contributed by atoms with Crippen molar-refractivity contribution in [2.75, 3.05) is 78.0 Å². The van der Waals surface area contributed by atoms with Gasteiger partial charge < -0.3 is 24.5 Å². The van der Waals surface area contributed by atoms with E-state index >= 15 is 0 Å². The molecular weight excluding hydrogens is 707 g/mol. The van der Waals surface area contributed by atoms with Gasteiger partial charge in [-0.15, -0.1) is 0 Å². The third-order valence-electron chi connectivity index (χ3n) is 11.0. The molecule has 3 aromatic rings. The summed E-state index contributed by atoms with van der Waals surface area (Å²) in [5.74, 6) is -3.57. The van der Waals surface area contributed by atoms with Crippen LogP contribution in [0.2, 0.25) is 0 Å². The van der Waals surface area contributed by atoms with Crippen LogP contribution in [0.1, 0.15) is 46.9 Å². The molecule has 2 atom stereocenters. The number of carboxylic acid groups (broad SMARTS) is 1. The number of sulfonamides is 2. The minimum atomic E-state index is -3.72. The summed E-state index contributed by atoms with van der Waals surface area (Å²) >= 11 is 0. The molecular formula is C37H45N5O8S2. The maximum Gasteiger partial charge on any atom is 0.312 e. The third kappa shape index (κ3) is 6.68. The van der Waals surface area contributed by atoms with Gasteiger partial charge in [-0.2, -0.15) is 8.61 Å². The van der Waals surface area contributed by atoms with Crippen LogP contribution in [-0.4, -0.2) is 125 Å². The standard InChI is InChI=1S/C37H45N5O8S2/c1-38-21-23-39(24-22-38)32-13-14-33(50-2)30-15-20-40(25-31(30)32)36(43)34(26-5-9-28(10-6-26)51(46,47)41-16-3-17-41)35(37(44)45)27-7-11-29(12-8-27)52(48,49)42-18-4-19-42/h5-14,34-35H,3-4,15-25H2,1-2H3,(H,44,45). The van der Waals surface area contributed by atoms with Gasteiger partial charge in [0, 0.05) is 82.3 Å². The fourth-order valence-corrected chi connectivity index (χ4v) is 10.6. The molecule has 13 nitrogen and oxygen atoms in total. The number of benzene rings is 3. The van der Waals surface area contributed by atoms with Crippen LogP contribution in [0.5, 0.6) is 5.75 Å². The molecule has 3 saturated heterocycles. The number of aliphatic carboxylic acids is 1. The maximum absolute atomic E-state index is 14.9. The number of amides is 1. The molecule has 0 spiro atoms. The molecule has 4 aliphatic heterocycles. The first-order valence-electron chi connectivity index (χ1n) is 17.7. The number of carbonyl (C=O) groups excluding carboxylic acids is 1. The van der Waals surface area contributed by atoms with Gasteiger partial charge in [0.25, 0.3) is 0 Å². The summed E-state index contributed by atoms with van der Waals surface area (Å²) in [6.45, 7) is 5.75. The van der Waals surface area contributed by atoms with Crippen LogP contribution in [0.25, 0.3) is 0 Å². The fraction of sp³-hybridized carbons (Fsp3) is 0.459. The number of hydrogen-bond donors (Lipinski definition) is 1. The molecule has 0 radical (unpaired) electrons. The van der Waals surface area contributed by atoms with Crippen molar-refractivity contribution < 1.29 is 36.3 Å². The van der Waals surface area contributed by atoms with Gasteiger partial charge in [0.1, 0.15) is 5.75 Å². The number of rotatable bonds is 11. The smallest absolute Gasteiger partial charge is 0.312 e. The Morgan fingerprint density at radius 1 is 0.673 bits per heavy atom. The largest absolute Gasteiger partial charge is 0.496 e. The Kier molecular flexibility index (Phi) is 10.1. The van der Waals surface area contributed by atoms with E-state index in [4.69, 9.17) is 4.74 Å². The Labute approximate surface area is 305 Å². The number of methoxy groups -OCH3 is 1. The van der Waals surface area contributed by atoms with Crippen LogP contribution in [0.4, 0.5) is 5.69 Å². The average molecular weight is 752 g/mol. The minimum absolute atomic E-state index is 0.0570. The van der Waals surface area contributed by atoms with Crippen LogP contribution in [-0.2, 0) is 42.6 Å². The summed E-state index contributed by atoms with van der Waals surface area (Å²) in [4.78, 5) is 34.6. The highest BCUT2D eigenvalue weighted by molar-refractivity contribution is 7.89. The fourth-order valence-electron chi connectivity index (χ4n) is 7.55. The van der Waals surface area contributed by atoms with Gasteiger partial charge in [0.15, 0.2) is 0 Å². The lowest BCUT2D eigenvalue weighted by Gasteiger charge is -2.39. The van der Waals surface area contributed by atoms with Crippen molar-refractivity contribution >= 4 is 37.6 Å². The molecule has 4 heterocycles. The van der Waals surface area contributed by atoms with E-state index in [9.17, 15) is 31.5 Å². The molecule has 0 aliphatic carbocycles. The summed E-state index contributed by atoms with van der Waals surface area (Å²) in [7, 11) is -3.71. The van der Waals surface area contributed by atoms with E-state index in [1.807, 2.05) is 12.1 Å². The van der Waals surface area contributed by atoms with Gasteiger partial charge in [-0.25, -0.2) is 16.8 Å². The van der Waals surface area contributed by atoms with E-state index in [1.54, 1.807) is 12.0 Å². The lowest BCUT2D eigenvalue weighted by molar-refractivity contribution is -0.144. The van der Waals surface area contributed by atoms with Crippen molar-refractivity contribution in [1.29, 1.82) is 0 Å². The van der Waals surface area contributed by atoms with Crippen LogP contribution in [0.15, 0.2) is 70.5 Å². The Balaban J connectivity index is 1.26. The molecule has 3 fully saturated rings. The number of likely N-dealkylation sites (N-methyl/N-ethyl adjacent to an activating group) is 1. The topological polar surface area (TPSA) is 148 Å². The second kappa shape index (κ2) is 14.4. The Bertz CT molecular complexity index is 2040. The van der Waals surface area contributed by atoms with Crippen molar-refractivity contribution in [3.8, 4) is 5.75 Å². The van der Waals surface area contributed by atoms with Crippen molar-refractivity contribution in [1.82, 2.24) is 18.4 Å². The quantitative estimate of drug-likeness (QED) is 0.310. The van der Waals surface area contributed by atoms with E-state index in [1.165, 1.54) is 57.1 Å². The molecule has 0 aromatic heterocycles. The molecule has 3 aromatic carbocycles. The Morgan fingerprint density at radius 2 is 1.19 bits per heavy atom. The monoisotopic (exact) mass is 751 g/mol. The maximum atomic E-state index is 14.9. The molecule has 7 rings (SSSR count). The highest BCUT2D eigenvalue weighted by Gasteiger charge is 2.41. The number of anilines is 1. The van der Waals surface area contributed by atoms with Crippen molar-refractivity contribution in [2.45, 2.75) is 47.4 Å². The summed E-state index contributed by atoms with van der Waals surface area (Å²) in [6.07, 6.45) is 2.07. The molecule has 0 saturated carbocycles.